The van der Waals surface area contributed by atoms with E-state index in [4.69, 9.17) is 5.73 Å². The topological polar surface area (TPSA) is 116 Å². The molecule has 0 atom stereocenters. The fraction of sp³-hybridized carbons (Fsp3) is 0.235. The van der Waals surface area contributed by atoms with Gasteiger partial charge < -0.3 is 11.1 Å². The second kappa shape index (κ2) is 5.80. The van der Waals surface area contributed by atoms with Crippen molar-refractivity contribution in [3.05, 3.63) is 36.3 Å². The lowest BCUT2D eigenvalue weighted by molar-refractivity contribution is 0.100. The number of carbonyl (C=O) groups is 1. The number of amides is 1. The third-order valence-electron chi connectivity index (χ3n) is 4.25. The lowest BCUT2D eigenvalue weighted by Gasteiger charge is -2.11. The van der Waals surface area contributed by atoms with Crippen molar-refractivity contribution in [1.29, 1.82) is 0 Å². The Kier molecular flexibility index (Phi) is 3.57. The largest absolute Gasteiger partial charge is 0.373 e. The number of nitrogens with zero attached hydrogens (tertiary/aromatic N) is 6. The summed E-state index contributed by atoms with van der Waals surface area (Å²) in [7, 11) is 1.78. The lowest BCUT2D eigenvalue weighted by Crippen LogP contribution is -2.11. The molecule has 26 heavy (non-hydrogen) atoms. The number of rotatable bonds is 4. The molecule has 132 valence electrons. The van der Waals surface area contributed by atoms with E-state index in [0.29, 0.717) is 23.0 Å². The lowest BCUT2D eigenvalue weighted by atomic mass is 10.1. The van der Waals surface area contributed by atoms with E-state index < -0.39 is 5.91 Å². The highest BCUT2D eigenvalue weighted by molar-refractivity contribution is 5.99. The van der Waals surface area contributed by atoms with Gasteiger partial charge in [0.25, 0.3) is 5.91 Å². The van der Waals surface area contributed by atoms with E-state index in [2.05, 4.69) is 39.3 Å². The first kappa shape index (κ1) is 16.0. The van der Waals surface area contributed by atoms with E-state index in [0.717, 1.165) is 11.1 Å². The molecule has 4 heterocycles. The molecule has 2 aliphatic heterocycles. The van der Waals surface area contributed by atoms with Gasteiger partial charge in [-0.3, -0.25) is 9.48 Å². The van der Waals surface area contributed by atoms with Crippen LogP contribution < -0.4 is 11.1 Å². The van der Waals surface area contributed by atoms with Crippen LogP contribution in [0.4, 0.5) is 5.82 Å². The van der Waals surface area contributed by atoms with Gasteiger partial charge in [-0.25, -0.2) is 9.97 Å². The number of hydrogen-bond donors (Lipinski definition) is 2. The Hall–Kier alpha value is -3.49. The van der Waals surface area contributed by atoms with E-state index >= 15 is 0 Å². The van der Waals surface area contributed by atoms with Gasteiger partial charge in [0, 0.05) is 42.7 Å². The van der Waals surface area contributed by atoms with Crippen molar-refractivity contribution in [1.82, 2.24) is 29.4 Å². The van der Waals surface area contributed by atoms with Crippen molar-refractivity contribution < 1.29 is 4.79 Å². The molecule has 2 aliphatic rings. The molecule has 0 unspecified atom stereocenters. The molecule has 0 radical (unpaired) electrons. The zero-order chi connectivity index (χ0) is 18.4. The minimum absolute atomic E-state index is 0.245. The monoisotopic (exact) mass is 350 g/mol. The van der Waals surface area contributed by atoms with Gasteiger partial charge >= 0.3 is 0 Å². The number of hydrogen-bond acceptors (Lipinski definition) is 6. The smallest absolute Gasteiger partial charge is 0.254 e. The number of primary amides is 1. The summed E-state index contributed by atoms with van der Waals surface area (Å²) < 4.78 is 3.41. The Morgan fingerprint density at radius 3 is 2.77 bits per heavy atom. The molecule has 3 N–H and O–H groups in total. The fourth-order valence-corrected chi connectivity index (χ4v) is 2.87. The zero-order valence-electron chi connectivity index (χ0n) is 14.6. The van der Waals surface area contributed by atoms with E-state index in [1.807, 2.05) is 23.0 Å². The second-order valence-electron chi connectivity index (χ2n) is 6.23. The molecule has 0 aliphatic carbocycles. The minimum Gasteiger partial charge on any atom is -0.373 e. The van der Waals surface area contributed by atoms with Crippen molar-refractivity contribution in [3.8, 4) is 22.6 Å². The number of carbonyl (C=O) groups excluding carboxylic acids is 1. The fourth-order valence-electron chi connectivity index (χ4n) is 2.87. The average Bonchev–Trinajstić information content (AvgIpc) is 3.24. The van der Waals surface area contributed by atoms with Gasteiger partial charge in [0.15, 0.2) is 11.5 Å². The van der Waals surface area contributed by atoms with Crippen LogP contribution in [0.3, 0.4) is 0 Å². The van der Waals surface area contributed by atoms with E-state index in [9.17, 15) is 4.79 Å². The molecular formula is C17H18N8O. The van der Waals surface area contributed by atoms with Crippen LogP contribution in [0.2, 0.25) is 0 Å². The van der Waals surface area contributed by atoms with Crippen molar-refractivity contribution in [3.63, 3.8) is 0 Å². The van der Waals surface area contributed by atoms with Gasteiger partial charge in [0.2, 0.25) is 0 Å². The summed E-state index contributed by atoms with van der Waals surface area (Å²) in [6, 6.07) is 4.07. The van der Waals surface area contributed by atoms with Crippen LogP contribution in [-0.4, -0.2) is 42.3 Å². The van der Waals surface area contributed by atoms with E-state index in [-0.39, 0.29) is 11.6 Å². The van der Waals surface area contributed by atoms with Gasteiger partial charge in [-0.05, 0) is 19.9 Å². The van der Waals surface area contributed by atoms with E-state index in [1.54, 1.807) is 17.8 Å². The number of nitrogens with two attached hydrogens (primary N) is 1. The summed E-state index contributed by atoms with van der Waals surface area (Å²) in [6.07, 6.45) is 5.08. The number of fused-ring (bicyclic) bond motifs is 2. The van der Waals surface area contributed by atoms with Crippen molar-refractivity contribution in [2.24, 2.45) is 5.73 Å². The predicted molar refractivity (Wildman–Crippen MR) is 97.1 cm³/mol. The highest BCUT2D eigenvalue weighted by Crippen LogP contribution is 2.33. The van der Waals surface area contributed by atoms with Gasteiger partial charge in [-0.15, -0.1) is 0 Å². The van der Waals surface area contributed by atoms with Crippen LogP contribution in [-0.2, 0) is 0 Å². The maximum Gasteiger partial charge on any atom is 0.254 e. The molecule has 0 fully saturated rings. The molecule has 9 heteroatoms. The molecule has 0 saturated carbocycles. The first-order chi connectivity index (χ1) is 12.5. The third kappa shape index (κ3) is 2.36. The van der Waals surface area contributed by atoms with Crippen LogP contribution >= 0.6 is 0 Å². The molecule has 2 aromatic rings. The molecular weight excluding hydrogens is 332 g/mol. The van der Waals surface area contributed by atoms with Crippen LogP contribution in [0.5, 0.6) is 0 Å². The Labute approximate surface area is 149 Å². The third-order valence-corrected chi connectivity index (χ3v) is 4.25. The SMILES string of the molecule is CNc1cc(-c2cnc3nn(C(C)C)ccc2-3)nc2c(C(N)=O)cnn12. The minimum atomic E-state index is -0.572. The van der Waals surface area contributed by atoms with Crippen molar-refractivity contribution in [2.45, 2.75) is 19.9 Å². The molecule has 4 rings (SSSR count). The molecule has 0 bridgehead atoms. The van der Waals surface area contributed by atoms with Gasteiger partial charge in [-0.2, -0.15) is 14.7 Å². The standard InChI is InChI=1S/C17H18N8O/c1-9(2)24-5-4-10-11(7-20-16(10)23-24)13-6-14(19-3)25-17(22-13)12(8-21-25)15(18)26/h4-9,19H,1-3H3,(H2,18,26). The normalized spacial score (nSPS) is 11.5. The molecule has 0 aromatic carbocycles. The Morgan fingerprint density at radius 2 is 2.08 bits per heavy atom. The van der Waals surface area contributed by atoms with Crippen LogP contribution in [0.15, 0.2) is 30.7 Å². The van der Waals surface area contributed by atoms with Gasteiger partial charge in [0.05, 0.1) is 11.9 Å². The summed E-state index contributed by atoms with van der Waals surface area (Å²) >= 11 is 0. The predicted octanol–water partition coefficient (Wildman–Crippen LogP) is 1.81. The summed E-state index contributed by atoms with van der Waals surface area (Å²) in [6.45, 7) is 4.12. The van der Waals surface area contributed by atoms with E-state index in [1.165, 1.54) is 6.20 Å². The molecule has 9 nitrogen and oxygen atoms in total. The highest BCUT2D eigenvalue weighted by atomic mass is 16.1. The zero-order valence-corrected chi connectivity index (χ0v) is 14.6. The maximum atomic E-state index is 11.7. The molecule has 1 amide bonds. The van der Waals surface area contributed by atoms with Crippen LogP contribution in [0, 0.1) is 0 Å². The van der Waals surface area contributed by atoms with Gasteiger partial charge in [-0.1, -0.05) is 0 Å². The molecule has 2 aromatic heterocycles. The Balaban J connectivity index is 1.93. The average molecular weight is 350 g/mol. The van der Waals surface area contributed by atoms with Crippen LogP contribution in [0.25, 0.3) is 28.3 Å². The van der Waals surface area contributed by atoms with Crippen LogP contribution in [0.1, 0.15) is 30.2 Å². The number of anilines is 1. The first-order valence-corrected chi connectivity index (χ1v) is 8.20. The Morgan fingerprint density at radius 1 is 1.27 bits per heavy atom. The number of aromatic nitrogens is 6. The second-order valence-corrected chi connectivity index (χ2v) is 6.23. The summed E-state index contributed by atoms with van der Waals surface area (Å²) in [5.74, 6) is 0.761. The first-order valence-electron chi connectivity index (χ1n) is 8.20. The highest BCUT2D eigenvalue weighted by Gasteiger charge is 2.20. The quantitative estimate of drug-likeness (QED) is 0.580. The summed E-state index contributed by atoms with van der Waals surface area (Å²) in [5.41, 5.74) is 8.49. The van der Waals surface area contributed by atoms with Gasteiger partial charge in [0.1, 0.15) is 11.4 Å². The maximum absolute atomic E-state index is 11.7. The van der Waals surface area contributed by atoms with Crippen molar-refractivity contribution in [2.75, 3.05) is 12.4 Å². The summed E-state index contributed by atoms with van der Waals surface area (Å²) in [4.78, 5) is 20.7. The summed E-state index contributed by atoms with van der Waals surface area (Å²) in [5, 5.41) is 11.8. The molecule has 0 saturated heterocycles. The Bertz CT molecular complexity index is 1090. The van der Waals surface area contributed by atoms with Crippen molar-refractivity contribution >= 4 is 17.4 Å². The molecule has 0 spiro atoms. The number of nitrogens with one attached hydrogen (secondary N) is 1.